The topological polar surface area (TPSA) is 79.0 Å². The Labute approximate surface area is 180 Å². The quantitative estimate of drug-likeness (QED) is 0.563. The summed E-state index contributed by atoms with van der Waals surface area (Å²) in [6.07, 6.45) is 0. The molecule has 156 valence electrons. The van der Waals surface area contributed by atoms with E-state index in [0.29, 0.717) is 46.8 Å². The predicted molar refractivity (Wildman–Crippen MR) is 118 cm³/mol. The Morgan fingerprint density at radius 3 is 2.34 bits per heavy atom. The van der Waals surface area contributed by atoms with Crippen molar-refractivity contribution in [1.29, 1.82) is 0 Å². The molecule has 1 aliphatic heterocycles. The van der Waals surface area contributed by atoms with Gasteiger partial charge in [0.1, 0.15) is 5.00 Å². The molecule has 1 fully saturated rings. The number of hydrogen-bond donors (Lipinski definition) is 1. The van der Waals surface area contributed by atoms with Gasteiger partial charge in [0, 0.05) is 31.1 Å². The van der Waals surface area contributed by atoms with Crippen LogP contribution in [0.4, 0.5) is 5.00 Å². The van der Waals surface area contributed by atoms with Crippen LogP contribution in [0.1, 0.15) is 20.8 Å². The molecule has 1 saturated heterocycles. The first-order chi connectivity index (χ1) is 13.7. The molecule has 1 aromatic heterocycles. The van der Waals surface area contributed by atoms with Crippen LogP contribution in [-0.4, -0.2) is 62.0 Å². The first-order valence-corrected chi connectivity index (χ1v) is 11.7. The van der Waals surface area contributed by atoms with Crippen molar-refractivity contribution in [2.75, 3.05) is 38.6 Å². The van der Waals surface area contributed by atoms with Gasteiger partial charge in [0.2, 0.25) is 10.0 Å². The number of rotatable bonds is 4. The van der Waals surface area contributed by atoms with Crippen LogP contribution in [0.2, 0.25) is 0 Å². The Hall–Kier alpha value is -2.01. The molecule has 1 aliphatic rings. The standard InChI is InChI=1S/C19H23N3O4S3/c1-13-4-6-15(7-5-13)29(24,25)22-10-8-21(9-11-22)19(27)20-17-16(18(23)26-3)12-14(2)28-17/h4-7,12H,8-11H2,1-3H3,(H,20,27). The maximum Gasteiger partial charge on any atom is 0.340 e. The van der Waals surface area contributed by atoms with Crippen LogP contribution >= 0.6 is 23.6 Å². The lowest BCUT2D eigenvalue weighted by Crippen LogP contribution is -2.51. The molecule has 0 atom stereocenters. The van der Waals surface area contributed by atoms with Crippen LogP contribution < -0.4 is 5.32 Å². The number of anilines is 1. The van der Waals surface area contributed by atoms with Crippen molar-refractivity contribution in [2.45, 2.75) is 18.7 Å². The molecule has 1 aromatic carbocycles. The number of hydrogen-bond acceptors (Lipinski definition) is 6. The lowest BCUT2D eigenvalue weighted by Gasteiger charge is -2.35. The SMILES string of the molecule is COC(=O)c1cc(C)sc1NC(=S)N1CCN(S(=O)(=O)c2ccc(C)cc2)CC1. The molecule has 2 heterocycles. The maximum absolute atomic E-state index is 12.8. The summed E-state index contributed by atoms with van der Waals surface area (Å²) in [7, 11) is -2.18. The lowest BCUT2D eigenvalue weighted by atomic mass is 10.2. The first kappa shape index (κ1) is 21.7. The molecular weight excluding hydrogens is 430 g/mol. The average molecular weight is 454 g/mol. The fourth-order valence-corrected chi connectivity index (χ4v) is 5.71. The zero-order valence-electron chi connectivity index (χ0n) is 16.5. The third kappa shape index (κ3) is 4.77. The number of carbonyl (C=O) groups excluding carboxylic acids is 1. The Bertz CT molecular complexity index is 1010. The van der Waals surface area contributed by atoms with Gasteiger partial charge in [0.15, 0.2) is 5.11 Å². The van der Waals surface area contributed by atoms with Gasteiger partial charge in [-0.2, -0.15) is 4.31 Å². The molecule has 0 unspecified atom stereocenters. The summed E-state index contributed by atoms with van der Waals surface area (Å²) in [5.41, 5.74) is 1.46. The van der Waals surface area contributed by atoms with Crippen LogP contribution in [-0.2, 0) is 14.8 Å². The van der Waals surface area contributed by atoms with Gasteiger partial charge in [-0.3, -0.25) is 0 Å². The number of nitrogens with one attached hydrogen (secondary N) is 1. The summed E-state index contributed by atoms with van der Waals surface area (Å²) in [5.74, 6) is -0.423. The molecule has 10 heteroatoms. The second kappa shape index (κ2) is 8.78. The number of thiocarbonyl (C=S) groups is 1. The van der Waals surface area contributed by atoms with Gasteiger partial charge in [0.25, 0.3) is 0 Å². The number of thiophene rings is 1. The predicted octanol–water partition coefficient (Wildman–Crippen LogP) is 2.85. The first-order valence-electron chi connectivity index (χ1n) is 9.04. The number of esters is 1. The largest absolute Gasteiger partial charge is 0.465 e. The molecule has 7 nitrogen and oxygen atoms in total. The van der Waals surface area contributed by atoms with Gasteiger partial charge >= 0.3 is 5.97 Å². The van der Waals surface area contributed by atoms with E-state index in [2.05, 4.69) is 5.32 Å². The van der Waals surface area contributed by atoms with Crippen LogP contribution in [0.15, 0.2) is 35.2 Å². The number of methoxy groups -OCH3 is 1. The molecule has 0 spiro atoms. The minimum absolute atomic E-state index is 0.300. The fraction of sp³-hybridized carbons (Fsp3) is 0.368. The van der Waals surface area contributed by atoms with Crippen molar-refractivity contribution in [3.8, 4) is 0 Å². The number of benzene rings is 1. The van der Waals surface area contributed by atoms with Gasteiger partial charge in [-0.1, -0.05) is 17.7 Å². The molecule has 0 amide bonds. The molecule has 2 aromatic rings. The van der Waals surface area contributed by atoms with Crippen molar-refractivity contribution >= 4 is 49.7 Å². The molecule has 0 bridgehead atoms. The van der Waals surface area contributed by atoms with Crippen LogP contribution in [0.5, 0.6) is 0 Å². The summed E-state index contributed by atoms with van der Waals surface area (Å²) in [6.45, 7) is 5.43. The highest BCUT2D eigenvalue weighted by molar-refractivity contribution is 7.89. The Morgan fingerprint density at radius 2 is 1.76 bits per heavy atom. The molecule has 0 radical (unpaired) electrons. The third-order valence-corrected chi connectivity index (χ3v) is 7.90. The number of carbonyl (C=O) groups is 1. The van der Waals surface area contributed by atoms with Crippen molar-refractivity contribution in [1.82, 2.24) is 9.21 Å². The average Bonchev–Trinajstić information content (AvgIpc) is 3.07. The summed E-state index contributed by atoms with van der Waals surface area (Å²) in [5, 5.41) is 4.21. The number of nitrogens with zero attached hydrogens (tertiary/aromatic N) is 2. The van der Waals surface area contributed by atoms with Crippen LogP contribution in [0.3, 0.4) is 0 Å². The van der Waals surface area contributed by atoms with E-state index >= 15 is 0 Å². The zero-order valence-corrected chi connectivity index (χ0v) is 18.9. The molecule has 1 N–H and O–H groups in total. The molecule has 0 aliphatic carbocycles. The maximum atomic E-state index is 12.8. The van der Waals surface area contributed by atoms with E-state index in [1.165, 1.54) is 22.8 Å². The Balaban J connectivity index is 1.64. The summed E-state index contributed by atoms with van der Waals surface area (Å²) >= 11 is 6.91. The second-order valence-electron chi connectivity index (χ2n) is 6.73. The van der Waals surface area contributed by atoms with Crippen LogP contribution in [0, 0.1) is 13.8 Å². The highest BCUT2D eigenvalue weighted by Crippen LogP contribution is 2.29. The third-order valence-electron chi connectivity index (χ3n) is 4.67. The van der Waals surface area contributed by atoms with Crippen LogP contribution in [0.25, 0.3) is 0 Å². The van der Waals surface area contributed by atoms with E-state index in [-0.39, 0.29) is 0 Å². The summed E-state index contributed by atoms with van der Waals surface area (Å²) in [6, 6.07) is 8.62. The highest BCUT2D eigenvalue weighted by atomic mass is 32.2. The van der Waals surface area contributed by atoms with E-state index in [9.17, 15) is 13.2 Å². The number of aryl methyl sites for hydroxylation is 2. The number of ether oxygens (including phenoxy) is 1. The van der Waals surface area contributed by atoms with Gasteiger partial charge in [-0.25, -0.2) is 13.2 Å². The monoisotopic (exact) mass is 453 g/mol. The highest BCUT2D eigenvalue weighted by Gasteiger charge is 2.29. The normalized spacial score (nSPS) is 15.2. The van der Waals surface area contributed by atoms with E-state index in [0.717, 1.165) is 10.4 Å². The second-order valence-corrected chi connectivity index (χ2v) is 10.3. The van der Waals surface area contributed by atoms with Crippen molar-refractivity contribution in [2.24, 2.45) is 0 Å². The number of piperazine rings is 1. The lowest BCUT2D eigenvalue weighted by molar-refractivity contribution is 0.0602. The van der Waals surface area contributed by atoms with E-state index in [1.54, 1.807) is 30.3 Å². The number of sulfonamides is 1. The van der Waals surface area contributed by atoms with Gasteiger partial charge in [-0.15, -0.1) is 11.3 Å². The molecule has 29 heavy (non-hydrogen) atoms. The van der Waals surface area contributed by atoms with Gasteiger partial charge < -0.3 is 15.0 Å². The molecule has 3 rings (SSSR count). The fourth-order valence-electron chi connectivity index (χ4n) is 3.04. The Morgan fingerprint density at radius 1 is 1.14 bits per heavy atom. The van der Waals surface area contributed by atoms with E-state index < -0.39 is 16.0 Å². The zero-order chi connectivity index (χ0) is 21.2. The van der Waals surface area contributed by atoms with Crippen molar-refractivity contribution < 1.29 is 17.9 Å². The smallest absolute Gasteiger partial charge is 0.340 e. The van der Waals surface area contributed by atoms with E-state index in [1.807, 2.05) is 18.7 Å². The summed E-state index contributed by atoms with van der Waals surface area (Å²) < 4.78 is 32.0. The van der Waals surface area contributed by atoms with Crippen molar-refractivity contribution in [3.05, 3.63) is 46.3 Å². The summed E-state index contributed by atoms with van der Waals surface area (Å²) in [4.78, 5) is 15.1. The molecule has 0 saturated carbocycles. The minimum Gasteiger partial charge on any atom is -0.465 e. The Kier molecular flexibility index (Phi) is 6.57. The van der Waals surface area contributed by atoms with Gasteiger partial charge in [-0.05, 0) is 44.3 Å². The van der Waals surface area contributed by atoms with Crippen molar-refractivity contribution in [3.63, 3.8) is 0 Å². The molecular formula is C19H23N3O4S3. The van der Waals surface area contributed by atoms with Gasteiger partial charge in [0.05, 0.1) is 17.6 Å². The van der Waals surface area contributed by atoms with E-state index in [4.69, 9.17) is 17.0 Å². The minimum atomic E-state index is -3.52.